The highest BCUT2D eigenvalue weighted by Gasteiger charge is 2.21. The SMILES string of the molecule is CCCNC(=O)c1ccc(Cn2c(=O)c3cc(OC)c(OC)cc3n(CC(=O)NC[C@H]3CCCO3)c2=O)cc1. The van der Waals surface area contributed by atoms with Crippen molar-refractivity contribution in [1.29, 1.82) is 0 Å². The van der Waals surface area contributed by atoms with Crippen LogP contribution in [0.3, 0.4) is 0 Å². The molecule has 2 heterocycles. The summed E-state index contributed by atoms with van der Waals surface area (Å²) in [5, 5.41) is 5.84. The zero-order chi connectivity index (χ0) is 27.9. The van der Waals surface area contributed by atoms with E-state index in [-0.39, 0.29) is 41.9 Å². The third-order valence-electron chi connectivity index (χ3n) is 6.68. The number of carbonyl (C=O) groups is 2. The first-order chi connectivity index (χ1) is 18.9. The quantitative estimate of drug-likeness (QED) is 0.380. The maximum absolute atomic E-state index is 13.6. The fraction of sp³-hybridized carbons (Fsp3) is 0.429. The van der Waals surface area contributed by atoms with Gasteiger partial charge in [-0.1, -0.05) is 19.1 Å². The van der Waals surface area contributed by atoms with Gasteiger partial charge in [-0.25, -0.2) is 4.79 Å². The molecule has 4 rings (SSSR count). The molecular formula is C28H34N4O7. The highest BCUT2D eigenvalue weighted by molar-refractivity contribution is 5.94. The predicted molar refractivity (Wildman–Crippen MR) is 146 cm³/mol. The Balaban J connectivity index is 1.71. The topological polar surface area (TPSA) is 130 Å². The number of methoxy groups -OCH3 is 2. The van der Waals surface area contributed by atoms with Gasteiger partial charge in [0.1, 0.15) is 6.54 Å². The summed E-state index contributed by atoms with van der Waals surface area (Å²) in [7, 11) is 2.91. The van der Waals surface area contributed by atoms with Crippen LogP contribution in [0.1, 0.15) is 42.1 Å². The van der Waals surface area contributed by atoms with Crippen LogP contribution in [0.15, 0.2) is 46.0 Å². The van der Waals surface area contributed by atoms with Crippen LogP contribution in [0, 0.1) is 0 Å². The van der Waals surface area contributed by atoms with E-state index in [0.717, 1.165) is 23.8 Å². The first-order valence-electron chi connectivity index (χ1n) is 13.0. The lowest BCUT2D eigenvalue weighted by molar-refractivity contribution is -0.122. The van der Waals surface area contributed by atoms with Crippen molar-refractivity contribution < 1.29 is 23.8 Å². The molecule has 11 heteroatoms. The van der Waals surface area contributed by atoms with Gasteiger partial charge in [0.15, 0.2) is 11.5 Å². The second kappa shape index (κ2) is 12.6. The zero-order valence-electron chi connectivity index (χ0n) is 22.5. The standard InChI is InChI=1S/C28H34N4O7/c1-4-11-29-26(34)19-9-7-18(8-10-19)16-32-27(35)21-13-23(37-2)24(38-3)14-22(21)31(28(32)36)17-25(33)30-15-20-6-5-12-39-20/h7-10,13-14,20H,4-6,11-12,15-17H2,1-3H3,(H,29,34)(H,30,33)/t20-/m1/s1. The summed E-state index contributed by atoms with van der Waals surface area (Å²) in [6, 6.07) is 9.73. The van der Waals surface area contributed by atoms with Crippen LogP contribution >= 0.6 is 0 Å². The van der Waals surface area contributed by atoms with Crippen molar-refractivity contribution in [2.24, 2.45) is 0 Å². The van der Waals surface area contributed by atoms with Gasteiger partial charge in [-0.2, -0.15) is 0 Å². The molecule has 0 unspecified atom stereocenters. The van der Waals surface area contributed by atoms with Crippen molar-refractivity contribution in [1.82, 2.24) is 19.8 Å². The number of carbonyl (C=O) groups excluding carboxylic acids is 2. The molecule has 1 saturated heterocycles. The summed E-state index contributed by atoms with van der Waals surface area (Å²) in [6.07, 6.45) is 2.59. The van der Waals surface area contributed by atoms with Crippen molar-refractivity contribution >= 4 is 22.7 Å². The van der Waals surface area contributed by atoms with Gasteiger partial charge in [-0.15, -0.1) is 0 Å². The lowest BCUT2D eigenvalue weighted by atomic mass is 10.1. The van der Waals surface area contributed by atoms with Crippen LogP contribution in [-0.2, 0) is 22.6 Å². The van der Waals surface area contributed by atoms with Crippen molar-refractivity contribution in [2.75, 3.05) is 33.9 Å². The second-order valence-electron chi connectivity index (χ2n) is 9.38. The third kappa shape index (κ3) is 6.31. The molecule has 1 aliphatic rings. The van der Waals surface area contributed by atoms with E-state index in [4.69, 9.17) is 14.2 Å². The lowest BCUT2D eigenvalue weighted by Gasteiger charge is -2.17. The van der Waals surface area contributed by atoms with Crippen LogP contribution in [-0.4, -0.2) is 61.0 Å². The smallest absolute Gasteiger partial charge is 0.332 e. The summed E-state index contributed by atoms with van der Waals surface area (Å²) in [6.45, 7) is 3.21. The average molecular weight is 539 g/mol. The highest BCUT2D eigenvalue weighted by atomic mass is 16.5. The largest absolute Gasteiger partial charge is 0.493 e. The van der Waals surface area contributed by atoms with Crippen LogP contribution < -0.4 is 31.4 Å². The fourth-order valence-electron chi connectivity index (χ4n) is 4.55. The maximum Gasteiger partial charge on any atom is 0.332 e. The molecule has 0 aliphatic carbocycles. The van der Waals surface area contributed by atoms with E-state index in [1.165, 1.54) is 30.9 Å². The minimum atomic E-state index is -0.642. The van der Waals surface area contributed by atoms with Crippen molar-refractivity contribution in [3.8, 4) is 11.5 Å². The van der Waals surface area contributed by atoms with E-state index in [0.29, 0.717) is 42.3 Å². The minimum Gasteiger partial charge on any atom is -0.493 e. The van der Waals surface area contributed by atoms with Crippen molar-refractivity contribution in [3.05, 3.63) is 68.4 Å². The van der Waals surface area contributed by atoms with Crippen molar-refractivity contribution in [2.45, 2.75) is 45.4 Å². The molecule has 11 nitrogen and oxygen atoms in total. The van der Waals surface area contributed by atoms with Gasteiger partial charge in [0.25, 0.3) is 11.5 Å². The number of ether oxygens (including phenoxy) is 3. The van der Waals surface area contributed by atoms with Gasteiger partial charge < -0.3 is 24.8 Å². The Hall–Kier alpha value is -4.12. The van der Waals surface area contributed by atoms with Gasteiger partial charge in [0, 0.05) is 31.3 Å². The number of fused-ring (bicyclic) bond motifs is 1. The van der Waals surface area contributed by atoms with Crippen LogP contribution in [0.5, 0.6) is 11.5 Å². The first-order valence-corrected chi connectivity index (χ1v) is 13.0. The molecule has 3 aromatic rings. The number of nitrogens with zero attached hydrogens (tertiary/aromatic N) is 2. The second-order valence-corrected chi connectivity index (χ2v) is 9.38. The van der Waals surface area contributed by atoms with Gasteiger partial charge in [-0.05, 0) is 43.0 Å². The van der Waals surface area contributed by atoms with E-state index in [1.54, 1.807) is 24.3 Å². The molecule has 39 heavy (non-hydrogen) atoms. The molecule has 0 spiro atoms. The van der Waals surface area contributed by atoms with Gasteiger partial charge in [0.05, 0.1) is 37.8 Å². The molecular weight excluding hydrogens is 504 g/mol. The molecule has 0 bridgehead atoms. The highest BCUT2D eigenvalue weighted by Crippen LogP contribution is 2.30. The maximum atomic E-state index is 13.6. The molecule has 1 fully saturated rings. The molecule has 1 aliphatic heterocycles. The average Bonchev–Trinajstić information content (AvgIpc) is 3.48. The Kier molecular flexibility index (Phi) is 9.03. The molecule has 1 atom stereocenters. The number of rotatable bonds is 11. The molecule has 0 radical (unpaired) electrons. The number of aromatic nitrogens is 2. The first kappa shape index (κ1) is 27.9. The van der Waals surface area contributed by atoms with Gasteiger partial charge >= 0.3 is 5.69 Å². The molecule has 0 saturated carbocycles. The van der Waals surface area contributed by atoms with Crippen LogP contribution in [0.4, 0.5) is 0 Å². The fourth-order valence-corrected chi connectivity index (χ4v) is 4.55. The number of hydrogen-bond acceptors (Lipinski definition) is 7. The number of benzene rings is 2. The van der Waals surface area contributed by atoms with E-state index < -0.39 is 11.2 Å². The van der Waals surface area contributed by atoms with E-state index in [2.05, 4.69) is 10.6 Å². The number of amides is 2. The Morgan fingerprint density at radius 1 is 1.03 bits per heavy atom. The monoisotopic (exact) mass is 538 g/mol. The minimum absolute atomic E-state index is 0.0453. The normalized spacial score (nSPS) is 14.8. The summed E-state index contributed by atoms with van der Waals surface area (Å²) in [4.78, 5) is 52.3. The third-order valence-corrected chi connectivity index (χ3v) is 6.68. The van der Waals surface area contributed by atoms with E-state index in [1.807, 2.05) is 6.92 Å². The summed E-state index contributed by atoms with van der Waals surface area (Å²) in [5.41, 5.74) is 0.216. The van der Waals surface area contributed by atoms with E-state index >= 15 is 0 Å². The van der Waals surface area contributed by atoms with Crippen molar-refractivity contribution in [3.63, 3.8) is 0 Å². The van der Waals surface area contributed by atoms with Gasteiger partial charge in [0.2, 0.25) is 5.91 Å². The summed E-state index contributed by atoms with van der Waals surface area (Å²) >= 11 is 0. The Bertz CT molecular complexity index is 1450. The molecule has 2 N–H and O–H groups in total. The molecule has 208 valence electrons. The molecule has 2 aromatic carbocycles. The Morgan fingerprint density at radius 3 is 2.38 bits per heavy atom. The lowest BCUT2D eigenvalue weighted by Crippen LogP contribution is -2.43. The number of hydrogen-bond donors (Lipinski definition) is 2. The Labute approximate surface area is 225 Å². The molecule has 2 amide bonds. The van der Waals surface area contributed by atoms with Gasteiger partial charge in [-0.3, -0.25) is 23.5 Å². The predicted octanol–water partition coefficient (Wildman–Crippen LogP) is 1.66. The number of nitrogens with one attached hydrogen (secondary N) is 2. The van der Waals surface area contributed by atoms with E-state index in [9.17, 15) is 19.2 Å². The van der Waals surface area contributed by atoms with Crippen LogP contribution in [0.25, 0.3) is 10.9 Å². The van der Waals surface area contributed by atoms with Crippen LogP contribution in [0.2, 0.25) is 0 Å². The molecule has 1 aromatic heterocycles. The summed E-state index contributed by atoms with van der Waals surface area (Å²) in [5.74, 6) is 0.0798. The summed E-state index contributed by atoms with van der Waals surface area (Å²) < 4.78 is 18.7. The Morgan fingerprint density at radius 2 is 1.74 bits per heavy atom. The zero-order valence-corrected chi connectivity index (χ0v) is 22.5.